The smallest absolute Gasteiger partial charge is 0.246 e. The molecule has 0 aliphatic carbocycles. The van der Waals surface area contributed by atoms with Crippen LogP contribution in [0.25, 0.3) is 11.4 Å². The molecule has 0 aliphatic rings. The van der Waals surface area contributed by atoms with Crippen LogP contribution in [0.1, 0.15) is 11.5 Å². The third-order valence-corrected chi connectivity index (χ3v) is 3.41. The van der Waals surface area contributed by atoms with Gasteiger partial charge in [-0.1, -0.05) is 46.6 Å². The van der Waals surface area contributed by atoms with Crippen LogP contribution in [0.15, 0.2) is 53.1 Å². The average molecular weight is 300 g/mol. The molecule has 0 radical (unpaired) electrons. The zero-order chi connectivity index (χ0) is 14.7. The van der Waals surface area contributed by atoms with E-state index in [0.717, 1.165) is 11.3 Å². The predicted octanol–water partition coefficient (Wildman–Crippen LogP) is 4.31. The van der Waals surface area contributed by atoms with Gasteiger partial charge in [0.2, 0.25) is 11.7 Å². The first-order valence-electron chi connectivity index (χ1n) is 6.60. The van der Waals surface area contributed by atoms with Crippen molar-refractivity contribution in [3.63, 3.8) is 0 Å². The van der Waals surface area contributed by atoms with Gasteiger partial charge in [0, 0.05) is 11.3 Å². The lowest BCUT2D eigenvalue weighted by molar-refractivity contribution is 0.384. The van der Waals surface area contributed by atoms with Gasteiger partial charge in [0.1, 0.15) is 0 Å². The Labute approximate surface area is 127 Å². The molecule has 1 N–H and O–H groups in total. The summed E-state index contributed by atoms with van der Waals surface area (Å²) in [4.78, 5) is 4.35. The molecule has 3 rings (SSSR count). The van der Waals surface area contributed by atoms with Gasteiger partial charge in [0.15, 0.2) is 0 Å². The van der Waals surface area contributed by atoms with Gasteiger partial charge in [-0.15, -0.1) is 0 Å². The van der Waals surface area contributed by atoms with Crippen LogP contribution in [0, 0.1) is 6.92 Å². The Kier molecular flexibility index (Phi) is 3.88. The summed E-state index contributed by atoms with van der Waals surface area (Å²) in [7, 11) is 0. The highest BCUT2D eigenvalue weighted by Crippen LogP contribution is 2.24. The Morgan fingerprint density at radius 2 is 1.86 bits per heavy atom. The molecule has 0 saturated carbocycles. The highest BCUT2D eigenvalue weighted by molar-refractivity contribution is 6.33. The number of nitrogens with zero attached hydrogens (tertiary/aromatic N) is 2. The molecule has 0 bridgehead atoms. The van der Waals surface area contributed by atoms with E-state index in [9.17, 15) is 0 Å². The third kappa shape index (κ3) is 3.23. The summed E-state index contributed by atoms with van der Waals surface area (Å²) in [6, 6.07) is 15.5. The number of aromatic nitrogens is 2. The van der Waals surface area contributed by atoms with Gasteiger partial charge < -0.3 is 9.84 Å². The van der Waals surface area contributed by atoms with Gasteiger partial charge in [0.25, 0.3) is 0 Å². The van der Waals surface area contributed by atoms with Crippen molar-refractivity contribution in [2.24, 2.45) is 0 Å². The summed E-state index contributed by atoms with van der Waals surface area (Å²) in [5, 5.41) is 7.81. The quantitative estimate of drug-likeness (QED) is 0.780. The maximum Gasteiger partial charge on any atom is 0.246 e. The number of rotatable bonds is 4. The van der Waals surface area contributed by atoms with Crippen molar-refractivity contribution in [3.8, 4) is 11.4 Å². The minimum absolute atomic E-state index is 0.473. The number of anilines is 1. The highest BCUT2D eigenvalue weighted by atomic mass is 35.5. The van der Waals surface area contributed by atoms with Crippen LogP contribution in [0.3, 0.4) is 0 Å². The number of benzene rings is 2. The van der Waals surface area contributed by atoms with Crippen molar-refractivity contribution < 1.29 is 4.52 Å². The molecule has 0 aliphatic heterocycles. The fourth-order valence-electron chi connectivity index (χ4n) is 1.93. The second kappa shape index (κ2) is 5.97. The van der Waals surface area contributed by atoms with E-state index < -0.39 is 0 Å². The highest BCUT2D eigenvalue weighted by Gasteiger charge is 2.10. The normalized spacial score (nSPS) is 10.6. The molecule has 0 amide bonds. The predicted molar refractivity (Wildman–Crippen MR) is 83.2 cm³/mol. The first kappa shape index (κ1) is 13.6. The van der Waals surface area contributed by atoms with E-state index in [4.69, 9.17) is 16.1 Å². The minimum Gasteiger partial charge on any atom is -0.376 e. The summed E-state index contributed by atoms with van der Waals surface area (Å²) in [6.07, 6.45) is 0. The number of halogens is 1. The summed E-state index contributed by atoms with van der Waals surface area (Å²) in [6.45, 7) is 2.53. The van der Waals surface area contributed by atoms with E-state index in [2.05, 4.69) is 22.4 Å². The molecule has 0 saturated heterocycles. The van der Waals surface area contributed by atoms with Crippen molar-refractivity contribution in [2.45, 2.75) is 13.5 Å². The number of aryl methyl sites for hydroxylation is 1. The maximum absolute atomic E-state index is 6.12. The Hall–Kier alpha value is -2.33. The lowest BCUT2D eigenvalue weighted by Crippen LogP contribution is -1.99. The summed E-state index contributed by atoms with van der Waals surface area (Å²) >= 11 is 6.12. The van der Waals surface area contributed by atoms with Crippen LogP contribution in [-0.2, 0) is 6.54 Å². The van der Waals surface area contributed by atoms with Crippen LogP contribution < -0.4 is 5.32 Å². The SMILES string of the molecule is Cc1ccc(NCc2nc(-c3ccccc3Cl)no2)cc1. The zero-order valence-corrected chi connectivity index (χ0v) is 12.3. The molecule has 0 unspecified atom stereocenters. The molecular weight excluding hydrogens is 286 g/mol. The Morgan fingerprint density at radius 3 is 2.62 bits per heavy atom. The molecule has 2 aromatic carbocycles. The van der Waals surface area contributed by atoms with E-state index >= 15 is 0 Å². The van der Waals surface area contributed by atoms with E-state index in [0.29, 0.717) is 23.3 Å². The monoisotopic (exact) mass is 299 g/mol. The van der Waals surface area contributed by atoms with Gasteiger partial charge in [-0.2, -0.15) is 4.98 Å². The second-order valence-electron chi connectivity index (χ2n) is 4.71. The summed E-state index contributed by atoms with van der Waals surface area (Å²) in [5.41, 5.74) is 3.00. The topological polar surface area (TPSA) is 51.0 Å². The van der Waals surface area contributed by atoms with Gasteiger partial charge >= 0.3 is 0 Å². The first-order valence-corrected chi connectivity index (χ1v) is 6.98. The van der Waals surface area contributed by atoms with Gasteiger partial charge in [-0.25, -0.2) is 0 Å². The van der Waals surface area contributed by atoms with Crippen LogP contribution in [0.2, 0.25) is 5.02 Å². The van der Waals surface area contributed by atoms with E-state index in [-0.39, 0.29) is 0 Å². The molecule has 0 fully saturated rings. The molecule has 21 heavy (non-hydrogen) atoms. The Bertz CT molecular complexity index is 737. The minimum atomic E-state index is 0.473. The third-order valence-electron chi connectivity index (χ3n) is 3.08. The fourth-order valence-corrected chi connectivity index (χ4v) is 2.15. The number of hydrogen-bond acceptors (Lipinski definition) is 4. The summed E-state index contributed by atoms with van der Waals surface area (Å²) < 4.78 is 5.24. The molecule has 0 atom stereocenters. The lowest BCUT2D eigenvalue weighted by atomic mass is 10.2. The van der Waals surface area contributed by atoms with Crippen molar-refractivity contribution >= 4 is 17.3 Å². The van der Waals surface area contributed by atoms with Crippen LogP contribution >= 0.6 is 11.6 Å². The van der Waals surface area contributed by atoms with E-state index in [1.54, 1.807) is 6.07 Å². The Balaban J connectivity index is 1.71. The van der Waals surface area contributed by atoms with Crippen molar-refractivity contribution in [1.29, 1.82) is 0 Å². The molecule has 0 spiro atoms. The average Bonchev–Trinajstić information content (AvgIpc) is 2.96. The standard InChI is InChI=1S/C16H14ClN3O/c1-11-6-8-12(9-7-11)18-10-15-19-16(20-21-15)13-4-2-3-5-14(13)17/h2-9,18H,10H2,1H3. The molecule has 3 aromatic rings. The van der Waals surface area contributed by atoms with E-state index in [1.807, 2.05) is 42.5 Å². The van der Waals surface area contributed by atoms with Gasteiger partial charge in [-0.3, -0.25) is 0 Å². The van der Waals surface area contributed by atoms with Gasteiger partial charge in [-0.05, 0) is 31.2 Å². The number of nitrogens with one attached hydrogen (secondary N) is 1. The Morgan fingerprint density at radius 1 is 1.10 bits per heavy atom. The van der Waals surface area contributed by atoms with Crippen molar-refractivity contribution in [3.05, 3.63) is 65.0 Å². The summed E-state index contributed by atoms with van der Waals surface area (Å²) in [5.74, 6) is 1.02. The van der Waals surface area contributed by atoms with Gasteiger partial charge in [0.05, 0.1) is 11.6 Å². The zero-order valence-electron chi connectivity index (χ0n) is 11.5. The van der Waals surface area contributed by atoms with Crippen LogP contribution in [0.4, 0.5) is 5.69 Å². The lowest BCUT2D eigenvalue weighted by Gasteiger charge is -2.02. The van der Waals surface area contributed by atoms with Crippen molar-refractivity contribution in [1.82, 2.24) is 10.1 Å². The molecular formula is C16H14ClN3O. The first-order chi connectivity index (χ1) is 10.2. The van der Waals surface area contributed by atoms with Crippen LogP contribution in [-0.4, -0.2) is 10.1 Å². The van der Waals surface area contributed by atoms with Crippen molar-refractivity contribution in [2.75, 3.05) is 5.32 Å². The molecule has 1 aromatic heterocycles. The van der Waals surface area contributed by atoms with Crippen LogP contribution in [0.5, 0.6) is 0 Å². The molecule has 1 heterocycles. The largest absolute Gasteiger partial charge is 0.376 e. The van der Waals surface area contributed by atoms with E-state index in [1.165, 1.54) is 5.56 Å². The fraction of sp³-hybridized carbons (Fsp3) is 0.125. The second-order valence-corrected chi connectivity index (χ2v) is 5.12. The molecule has 4 nitrogen and oxygen atoms in total. The molecule has 5 heteroatoms. The maximum atomic E-state index is 6.12. The number of hydrogen-bond donors (Lipinski definition) is 1. The molecule has 106 valence electrons.